The quantitative estimate of drug-likeness (QED) is 0.792. The van der Waals surface area contributed by atoms with E-state index in [1.54, 1.807) is 24.3 Å². The summed E-state index contributed by atoms with van der Waals surface area (Å²) in [4.78, 5) is 24.6. The van der Waals surface area contributed by atoms with E-state index in [0.717, 1.165) is 18.5 Å². The lowest BCUT2D eigenvalue weighted by atomic mass is 9.95. The molecule has 2 N–H and O–H groups in total. The zero-order chi connectivity index (χ0) is 18.4. The molecule has 2 aromatic rings. The predicted octanol–water partition coefficient (Wildman–Crippen LogP) is 3.00. The zero-order valence-electron chi connectivity index (χ0n) is 15.3. The fraction of sp³-hybridized carbons (Fsp3) is 0.421. The maximum atomic E-state index is 12.4. The summed E-state index contributed by atoms with van der Waals surface area (Å²) in [6, 6.07) is 7.04. The van der Waals surface area contributed by atoms with E-state index in [9.17, 15) is 9.59 Å². The molecule has 0 unspecified atom stereocenters. The summed E-state index contributed by atoms with van der Waals surface area (Å²) < 4.78 is 1.86. The molecule has 0 aliphatic heterocycles. The molecular weight excluding hydrogens is 316 g/mol. The lowest BCUT2D eigenvalue weighted by Gasteiger charge is -2.19. The molecule has 0 saturated carbocycles. The van der Waals surface area contributed by atoms with Crippen molar-refractivity contribution in [3.63, 3.8) is 0 Å². The molecule has 0 aliphatic rings. The molecule has 0 atom stereocenters. The number of para-hydroxylation sites is 1. The van der Waals surface area contributed by atoms with Crippen LogP contribution in [0.1, 0.15) is 43.1 Å². The highest BCUT2D eigenvalue weighted by atomic mass is 16.2. The predicted molar refractivity (Wildman–Crippen MR) is 98.4 cm³/mol. The van der Waals surface area contributed by atoms with E-state index < -0.39 is 5.41 Å². The van der Waals surface area contributed by atoms with Gasteiger partial charge in [0.1, 0.15) is 0 Å². The van der Waals surface area contributed by atoms with Crippen molar-refractivity contribution < 1.29 is 9.59 Å². The Bertz CT molecular complexity index is 744. The monoisotopic (exact) mass is 342 g/mol. The van der Waals surface area contributed by atoms with Gasteiger partial charge in [-0.2, -0.15) is 5.10 Å². The van der Waals surface area contributed by atoms with Gasteiger partial charge in [-0.05, 0) is 31.0 Å². The van der Waals surface area contributed by atoms with Crippen LogP contribution in [0.25, 0.3) is 0 Å². The first-order valence-electron chi connectivity index (χ1n) is 8.45. The molecule has 25 heavy (non-hydrogen) atoms. The molecule has 0 spiro atoms. The molecule has 2 amide bonds. The van der Waals surface area contributed by atoms with E-state index in [0.29, 0.717) is 17.8 Å². The number of hydrogen-bond donors (Lipinski definition) is 2. The van der Waals surface area contributed by atoms with Crippen molar-refractivity contribution >= 4 is 17.5 Å². The Kier molecular flexibility index (Phi) is 5.96. The minimum absolute atomic E-state index is 0.123. The van der Waals surface area contributed by atoms with Crippen molar-refractivity contribution in [1.82, 2.24) is 15.1 Å². The molecule has 0 saturated heterocycles. The fourth-order valence-electron chi connectivity index (χ4n) is 2.23. The van der Waals surface area contributed by atoms with Crippen LogP contribution in [-0.2, 0) is 11.3 Å². The first-order valence-corrected chi connectivity index (χ1v) is 8.45. The second kappa shape index (κ2) is 7.96. The highest BCUT2D eigenvalue weighted by Gasteiger charge is 2.22. The Morgan fingerprint density at radius 3 is 2.56 bits per heavy atom. The molecular formula is C19H26N4O2. The van der Waals surface area contributed by atoms with E-state index in [-0.39, 0.29) is 11.8 Å². The van der Waals surface area contributed by atoms with Gasteiger partial charge in [0.05, 0.1) is 17.4 Å². The number of carbonyl (C=O) groups is 2. The van der Waals surface area contributed by atoms with Gasteiger partial charge in [0.25, 0.3) is 5.91 Å². The molecule has 0 radical (unpaired) electrons. The molecule has 6 heteroatoms. The van der Waals surface area contributed by atoms with Crippen LogP contribution in [0.5, 0.6) is 0 Å². The molecule has 1 aromatic heterocycles. The normalized spacial score (nSPS) is 11.2. The second-order valence-corrected chi connectivity index (χ2v) is 7.14. The van der Waals surface area contributed by atoms with Crippen LogP contribution in [0.3, 0.4) is 0 Å². The number of nitrogens with one attached hydrogen (secondary N) is 2. The van der Waals surface area contributed by atoms with Crippen LogP contribution < -0.4 is 10.6 Å². The molecule has 6 nitrogen and oxygen atoms in total. The first-order chi connectivity index (χ1) is 11.8. The molecule has 134 valence electrons. The summed E-state index contributed by atoms with van der Waals surface area (Å²) in [5, 5.41) is 9.95. The molecule has 0 bridgehead atoms. The topological polar surface area (TPSA) is 76.0 Å². The van der Waals surface area contributed by atoms with Crippen LogP contribution in [0.15, 0.2) is 36.7 Å². The molecule has 0 aliphatic carbocycles. The Labute approximate surface area is 148 Å². The summed E-state index contributed by atoms with van der Waals surface area (Å²) in [7, 11) is 0. The van der Waals surface area contributed by atoms with Gasteiger partial charge in [0.2, 0.25) is 5.91 Å². The van der Waals surface area contributed by atoms with E-state index >= 15 is 0 Å². The summed E-state index contributed by atoms with van der Waals surface area (Å²) in [5.74, 6) is -0.316. The number of aryl methyl sites for hydroxylation is 2. The van der Waals surface area contributed by atoms with Gasteiger partial charge in [0.15, 0.2) is 0 Å². The molecule has 2 rings (SSSR count). The summed E-state index contributed by atoms with van der Waals surface area (Å²) in [6.07, 6.45) is 4.56. The third kappa shape index (κ3) is 5.45. The Balaban J connectivity index is 1.91. The highest BCUT2D eigenvalue weighted by Crippen LogP contribution is 2.20. The maximum Gasteiger partial charge on any atom is 0.253 e. The summed E-state index contributed by atoms with van der Waals surface area (Å²) in [5.41, 5.74) is 1.59. The number of benzene rings is 1. The molecule has 1 aromatic carbocycles. The van der Waals surface area contributed by atoms with Crippen molar-refractivity contribution in [1.29, 1.82) is 0 Å². The standard InChI is InChI=1S/C19H26N4O2/c1-14-12-21-23(13-14)11-7-10-20-17(24)15-8-5-6-9-16(15)22-18(25)19(2,3)4/h5-6,8-9,12-13H,7,10-11H2,1-4H3,(H,20,24)(H,22,25). The Hall–Kier alpha value is -2.63. The second-order valence-electron chi connectivity index (χ2n) is 7.14. The van der Waals surface area contributed by atoms with E-state index in [1.807, 2.05) is 44.8 Å². The zero-order valence-corrected chi connectivity index (χ0v) is 15.3. The van der Waals surface area contributed by atoms with Crippen LogP contribution in [-0.4, -0.2) is 28.1 Å². The first kappa shape index (κ1) is 18.7. The van der Waals surface area contributed by atoms with Crippen molar-refractivity contribution in [3.8, 4) is 0 Å². The number of hydrogen-bond acceptors (Lipinski definition) is 3. The van der Waals surface area contributed by atoms with Gasteiger partial charge in [-0.1, -0.05) is 32.9 Å². The largest absolute Gasteiger partial charge is 0.352 e. The number of aromatic nitrogens is 2. The minimum atomic E-state index is -0.522. The van der Waals surface area contributed by atoms with Crippen LogP contribution >= 0.6 is 0 Å². The average molecular weight is 342 g/mol. The van der Waals surface area contributed by atoms with Gasteiger partial charge in [0, 0.05) is 24.7 Å². The lowest BCUT2D eigenvalue weighted by Crippen LogP contribution is -2.30. The maximum absolute atomic E-state index is 12.4. The van der Waals surface area contributed by atoms with Crippen molar-refractivity contribution in [2.24, 2.45) is 5.41 Å². The van der Waals surface area contributed by atoms with Gasteiger partial charge in [-0.3, -0.25) is 14.3 Å². The van der Waals surface area contributed by atoms with Gasteiger partial charge < -0.3 is 10.6 Å². The summed E-state index contributed by atoms with van der Waals surface area (Å²) >= 11 is 0. The van der Waals surface area contributed by atoms with Gasteiger partial charge in [-0.15, -0.1) is 0 Å². The van der Waals surface area contributed by atoms with Crippen LogP contribution in [0, 0.1) is 12.3 Å². The van der Waals surface area contributed by atoms with Crippen molar-refractivity contribution in [2.75, 3.05) is 11.9 Å². The Morgan fingerprint density at radius 2 is 1.92 bits per heavy atom. The third-order valence-corrected chi connectivity index (χ3v) is 3.71. The molecule has 0 fully saturated rings. The number of amides is 2. The van der Waals surface area contributed by atoms with E-state index in [2.05, 4.69) is 15.7 Å². The Morgan fingerprint density at radius 1 is 1.20 bits per heavy atom. The van der Waals surface area contributed by atoms with E-state index in [1.165, 1.54) is 0 Å². The van der Waals surface area contributed by atoms with Gasteiger partial charge >= 0.3 is 0 Å². The van der Waals surface area contributed by atoms with Crippen molar-refractivity contribution in [2.45, 2.75) is 40.7 Å². The number of anilines is 1. The smallest absolute Gasteiger partial charge is 0.253 e. The van der Waals surface area contributed by atoms with Crippen LogP contribution in [0.4, 0.5) is 5.69 Å². The average Bonchev–Trinajstić information content (AvgIpc) is 2.96. The minimum Gasteiger partial charge on any atom is -0.352 e. The van der Waals surface area contributed by atoms with Crippen molar-refractivity contribution in [3.05, 3.63) is 47.8 Å². The fourth-order valence-corrected chi connectivity index (χ4v) is 2.23. The summed E-state index contributed by atoms with van der Waals surface area (Å²) in [6.45, 7) is 8.79. The lowest BCUT2D eigenvalue weighted by molar-refractivity contribution is -0.123. The van der Waals surface area contributed by atoms with Crippen LogP contribution in [0.2, 0.25) is 0 Å². The number of carbonyl (C=O) groups excluding carboxylic acids is 2. The molecule has 1 heterocycles. The third-order valence-electron chi connectivity index (χ3n) is 3.71. The van der Waals surface area contributed by atoms with E-state index in [4.69, 9.17) is 0 Å². The number of rotatable bonds is 6. The van der Waals surface area contributed by atoms with Gasteiger partial charge in [-0.25, -0.2) is 0 Å². The highest BCUT2D eigenvalue weighted by molar-refractivity contribution is 6.04. The SMILES string of the molecule is Cc1cnn(CCCNC(=O)c2ccccc2NC(=O)C(C)(C)C)c1. The number of nitrogens with zero attached hydrogens (tertiary/aromatic N) is 2.